The molecule has 0 heterocycles. The van der Waals surface area contributed by atoms with Crippen LogP contribution in [0.4, 0.5) is 5.69 Å². The predicted octanol–water partition coefficient (Wildman–Crippen LogP) is 3.61. The Labute approximate surface area is 88.3 Å². The largest absolute Gasteiger partial charge is 0.508 e. The molecular formula is C13H9NO. The van der Waals surface area contributed by atoms with Gasteiger partial charge in [0.25, 0.3) is 0 Å². The third-order valence-electron chi connectivity index (χ3n) is 2.20. The summed E-state index contributed by atoms with van der Waals surface area (Å²) in [5.41, 5.74) is 2.71. The summed E-state index contributed by atoms with van der Waals surface area (Å²) in [5.74, 6) is 0.261. The minimum Gasteiger partial charge on any atom is -0.508 e. The Hall–Kier alpha value is -2.27. The normalized spacial score (nSPS) is 9.53. The van der Waals surface area contributed by atoms with Crippen LogP contribution in [0, 0.1) is 6.57 Å². The highest BCUT2D eigenvalue weighted by Crippen LogP contribution is 2.24. The van der Waals surface area contributed by atoms with E-state index >= 15 is 0 Å². The quantitative estimate of drug-likeness (QED) is 0.690. The molecule has 0 aliphatic carbocycles. The van der Waals surface area contributed by atoms with Crippen LogP contribution < -0.4 is 0 Å². The Bertz CT molecular complexity index is 492. The van der Waals surface area contributed by atoms with Crippen molar-refractivity contribution >= 4 is 5.69 Å². The highest BCUT2D eigenvalue weighted by molar-refractivity contribution is 5.66. The lowest BCUT2D eigenvalue weighted by Crippen LogP contribution is -1.75. The van der Waals surface area contributed by atoms with Crippen molar-refractivity contribution in [2.45, 2.75) is 0 Å². The van der Waals surface area contributed by atoms with Crippen molar-refractivity contribution in [2.24, 2.45) is 0 Å². The number of rotatable bonds is 1. The van der Waals surface area contributed by atoms with E-state index in [1.807, 2.05) is 24.3 Å². The van der Waals surface area contributed by atoms with Crippen molar-refractivity contribution in [3.63, 3.8) is 0 Å². The van der Waals surface area contributed by atoms with Crippen LogP contribution in [0.25, 0.3) is 16.0 Å². The molecule has 2 aromatic carbocycles. The van der Waals surface area contributed by atoms with Crippen LogP contribution in [0.15, 0.2) is 48.5 Å². The molecule has 0 saturated carbocycles. The highest BCUT2D eigenvalue weighted by atomic mass is 16.3. The number of phenols is 1. The Balaban J connectivity index is 2.38. The maximum Gasteiger partial charge on any atom is 0.187 e. The van der Waals surface area contributed by atoms with Crippen LogP contribution in [0.1, 0.15) is 0 Å². The predicted molar refractivity (Wildman–Crippen MR) is 59.8 cm³/mol. The summed E-state index contributed by atoms with van der Waals surface area (Å²) in [6.07, 6.45) is 0. The van der Waals surface area contributed by atoms with Gasteiger partial charge in [0, 0.05) is 0 Å². The van der Waals surface area contributed by atoms with E-state index < -0.39 is 0 Å². The molecule has 0 bridgehead atoms. The molecule has 0 aromatic heterocycles. The number of nitrogens with zero attached hydrogens (tertiary/aromatic N) is 1. The Morgan fingerprint density at radius 2 is 1.27 bits per heavy atom. The molecule has 0 unspecified atom stereocenters. The van der Waals surface area contributed by atoms with Crippen LogP contribution in [-0.4, -0.2) is 5.11 Å². The van der Waals surface area contributed by atoms with E-state index in [2.05, 4.69) is 4.85 Å². The van der Waals surface area contributed by atoms with E-state index in [4.69, 9.17) is 11.7 Å². The number of phenolic OH excluding ortho intramolecular Hbond substituents is 1. The van der Waals surface area contributed by atoms with Gasteiger partial charge in [-0.3, -0.25) is 0 Å². The first-order valence-corrected chi connectivity index (χ1v) is 4.56. The minimum absolute atomic E-state index is 0.261. The van der Waals surface area contributed by atoms with Crippen molar-refractivity contribution in [3.05, 3.63) is 59.9 Å². The van der Waals surface area contributed by atoms with Crippen LogP contribution in [0.3, 0.4) is 0 Å². The molecule has 0 saturated heterocycles. The van der Waals surface area contributed by atoms with E-state index in [0.717, 1.165) is 11.1 Å². The number of hydrogen-bond acceptors (Lipinski definition) is 1. The van der Waals surface area contributed by atoms with Gasteiger partial charge in [-0.1, -0.05) is 36.4 Å². The van der Waals surface area contributed by atoms with Gasteiger partial charge in [-0.15, -0.1) is 0 Å². The van der Waals surface area contributed by atoms with Crippen LogP contribution in [-0.2, 0) is 0 Å². The van der Waals surface area contributed by atoms with Crippen LogP contribution >= 0.6 is 0 Å². The molecule has 2 aromatic rings. The molecule has 1 N–H and O–H groups in total. The minimum atomic E-state index is 0.261. The van der Waals surface area contributed by atoms with E-state index in [0.29, 0.717) is 5.69 Å². The Morgan fingerprint density at radius 3 is 1.73 bits per heavy atom. The van der Waals surface area contributed by atoms with Gasteiger partial charge in [-0.05, 0) is 23.3 Å². The van der Waals surface area contributed by atoms with Crippen LogP contribution in [0.2, 0.25) is 0 Å². The van der Waals surface area contributed by atoms with Gasteiger partial charge in [0.2, 0.25) is 0 Å². The van der Waals surface area contributed by atoms with Gasteiger partial charge < -0.3 is 5.11 Å². The topological polar surface area (TPSA) is 24.6 Å². The summed E-state index contributed by atoms with van der Waals surface area (Å²) >= 11 is 0. The van der Waals surface area contributed by atoms with Crippen molar-refractivity contribution in [1.82, 2.24) is 0 Å². The highest BCUT2D eigenvalue weighted by Gasteiger charge is 1.97. The van der Waals surface area contributed by atoms with Gasteiger partial charge >= 0.3 is 0 Å². The smallest absolute Gasteiger partial charge is 0.187 e. The molecule has 0 aliphatic rings. The maximum absolute atomic E-state index is 9.15. The second kappa shape index (κ2) is 3.85. The molecule has 2 heteroatoms. The van der Waals surface area contributed by atoms with E-state index in [9.17, 15) is 0 Å². The molecule has 0 fully saturated rings. The summed E-state index contributed by atoms with van der Waals surface area (Å²) in [6.45, 7) is 6.84. The number of aromatic hydroxyl groups is 1. The SMILES string of the molecule is [C-]#[N+]c1ccc(-c2ccc(O)cc2)cc1. The van der Waals surface area contributed by atoms with E-state index in [-0.39, 0.29) is 5.75 Å². The molecule has 0 spiro atoms. The van der Waals surface area contributed by atoms with Crippen molar-refractivity contribution < 1.29 is 5.11 Å². The molecule has 0 aliphatic heterocycles. The fraction of sp³-hybridized carbons (Fsp3) is 0. The molecule has 0 radical (unpaired) electrons. The van der Waals surface area contributed by atoms with Crippen LogP contribution in [0.5, 0.6) is 5.75 Å². The number of benzene rings is 2. The summed E-state index contributed by atoms with van der Waals surface area (Å²) in [5, 5.41) is 9.15. The molecule has 2 rings (SSSR count). The second-order valence-electron chi connectivity index (χ2n) is 3.21. The first-order valence-electron chi connectivity index (χ1n) is 4.56. The molecule has 0 atom stereocenters. The van der Waals surface area contributed by atoms with Gasteiger partial charge in [0.1, 0.15) is 5.75 Å². The van der Waals surface area contributed by atoms with Gasteiger partial charge in [0.05, 0.1) is 6.57 Å². The standard InChI is InChI=1S/C13H9NO/c1-14-12-6-2-10(3-7-12)11-4-8-13(15)9-5-11/h2-9,15H. The average molecular weight is 195 g/mol. The van der Waals surface area contributed by atoms with Gasteiger partial charge in [-0.25, -0.2) is 4.85 Å². The first-order chi connectivity index (χ1) is 7.29. The van der Waals surface area contributed by atoms with Gasteiger partial charge in [-0.2, -0.15) is 0 Å². The fourth-order valence-electron chi connectivity index (χ4n) is 1.38. The summed E-state index contributed by atoms with van der Waals surface area (Å²) in [6, 6.07) is 14.4. The van der Waals surface area contributed by atoms with E-state index in [1.54, 1.807) is 24.3 Å². The second-order valence-corrected chi connectivity index (χ2v) is 3.21. The zero-order chi connectivity index (χ0) is 10.7. The monoisotopic (exact) mass is 195 g/mol. The molecule has 2 nitrogen and oxygen atoms in total. The summed E-state index contributed by atoms with van der Waals surface area (Å²) in [4.78, 5) is 3.33. The van der Waals surface area contributed by atoms with Crippen molar-refractivity contribution in [2.75, 3.05) is 0 Å². The number of hydrogen-bond donors (Lipinski definition) is 1. The lowest BCUT2D eigenvalue weighted by Gasteiger charge is -2.01. The fourth-order valence-corrected chi connectivity index (χ4v) is 1.38. The average Bonchev–Trinajstić information content (AvgIpc) is 2.30. The lowest BCUT2D eigenvalue weighted by molar-refractivity contribution is 0.475. The first kappa shape index (κ1) is 9.29. The molecule has 72 valence electrons. The summed E-state index contributed by atoms with van der Waals surface area (Å²) < 4.78 is 0. The maximum atomic E-state index is 9.15. The molecule has 15 heavy (non-hydrogen) atoms. The summed E-state index contributed by atoms with van der Waals surface area (Å²) in [7, 11) is 0. The van der Waals surface area contributed by atoms with E-state index in [1.165, 1.54) is 0 Å². The Kier molecular flexibility index (Phi) is 2.38. The molecular weight excluding hydrogens is 186 g/mol. The van der Waals surface area contributed by atoms with Crippen molar-refractivity contribution in [3.8, 4) is 16.9 Å². The third-order valence-corrected chi connectivity index (χ3v) is 2.20. The van der Waals surface area contributed by atoms with Crippen molar-refractivity contribution in [1.29, 1.82) is 0 Å². The zero-order valence-corrected chi connectivity index (χ0v) is 8.01. The zero-order valence-electron chi connectivity index (χ0n) is 8.01. The lowest BCUT2D eigenvalue weighted by atomic mass is 10.1. The third kappa shape index (κ3) is 1.97. The van der Waals surface area contributed by atoms with Gasteiger partial charge in [0.15, 0.2) is 5.69 Å². The molecule has 0 amide bonds. The Morgan fingerprint density at radius 1 is 0.800 bits per heavy atom.